The van der Waals surface area contributed by atoms with Crippen LogP contribution in [0, 0.1) is 11.8 Å². The molecule has 0 saturated carbocycles. The van der Waals surface area contributed by atoms with Crippen LogP contribution in [0.2, 0.25) is 0 Å². The summed E-state index contributed by atoms with van der Waals surface area (Å²) in [5.41, 5.74) is 2.96. The number of phenolic OH excluding ortho intramolecular Hbond substituents is 1. The smallest absolute Gasteiger partial charge is 0.255 e. The van der Waals surface area contributed by atoms with E-state index in [-0.39, 0.29) is 23.0 Å². The van der Waals surface area contributed by atoms with Gasteiger partial charge in [0.25, 0.3) is 5.91 Å². The lowest BCUT2D eigenvalue weighted by Gasteiger charge is -2.22. The number of aromatic nitrogens is 2. The molecular formula is C32H43N3O5. The number of carbonyl (C=O) groups is 2. The summed E-state index contributed by atoms with van der Waals surface area (Å²) in [5, 5.41) is 18.7. The summed E-state index contributed by atoms with van der Waals surface area (Å²) >= 11 is 0. The van der Waals surface area contributed by atoms with Crippen LogP contribution in [0.25, 0.3) is 10.9 Å². The molecule has 1 aliphatic rings. The fraction of sp³-hybridized carbons (Fsp3) is 0.531. The Balaban J connectivity index is 1.30. The molecule has 8 nitrogen and oxygen atoms in total. The predicted octanol–water partition coefficient (Wildman–Crippen LogP) is 5.56. The number of rotatable bonds is 15. The van der Waals surface area contributed by atoms with Gasteiger partial charge in [0, 0.05) is 51.6 Å². The molecule has 0 spiro atoms. The van der Waals surface area contributed by atoms with E-state index in [1.54, 1.807) is 19.2 Å². The van der Waals surface area contributed by atoms with Crippen molar-refractivity contribution >= 4 is 22.6 Å². The Bertz CT molecular complexity index is 1250. The second kappa shape index (κ2) is 15.0. The number of methoxy groups -OCH3 is 1. The number of phenols is 1. The Hall–Kier alpha value is -3.23. The number of fused-ring (bicyclic) bond motifs is 1. The lowest BCUT2D eigenvalue weighted by Crippen LogP contribution is -2.26. The molecule has 0 bridgehead atoms. The second-order valence-corrected chi connectivity index (χ2v) is 10.9. The number of nitrogens with one attached hydrogen (secondary N) is 1. The minimum Gasteiger partial charge on any atom is -0.506 e. The first-order valence-corrected chi connectivity index (χ1v) is 14.6. The van der Waals surface area contributed by atoms with Gasteiger partial charge in [-0.05, 0) is 68.1 Å². The summed E-state index contributed by atoms with van der Waals surface area (Å²) in [4.78, 5) is 25.3. The largest absolute Gasteiger partial charge is 0.506 e. The van der Waals surface area contributed by atoms with Crippen LogP contribution >= 0.6 is 0 Å². The van der Waals surface area contributed by atoms with Crippen LogP contribution in [0.4, 0.5) is 0 Å². The van der Waals surface area contributed by atoms with E-state index in [2.05, 4.69) is 29.5 Å². The molecule has 1 aliphatic heterocycles. The lowest BCUT2D eigenvalue weighted by atomic mass is 9.91. The number of ketones is 1. The third-order valence-electron chi connectivity index (χ3n) is 7.84. The molecule has 8 heteroatoms. The molecule has 1 amide bonds. The maximum absolute atomic E-state index is 12.9. The minimum atomic E-state index is -0.341. The summed E-state index contributed by atoms with van der Waals surface area (Å²) in [5.74, 6) is 0.836. The van der Waals surface area contributed by atoms with Crippen molar-refractivity contribution in [2.24, 2.45) is 11.8 Å². The fourth-order valence-electron chi connectivity index (χ4n) is 5.57. The number of amides is 1. The minimum absolute atomic E-state index is 0.0601. The number of hydrogen-bond donors (Lipinski definition) is 2. The quantitative estimate of drug-likeness (QED) is 0.190. The van der Waals surface area contributed by atoms with E-state index in [0.29, 0.717) is 48.9 Å². The SMILES string of the molecule is CCCC(CCCC(=O)c1ccc(CC2CCOCC2)cc1)Cn1cc2c(O)c(C(=O)NCCOC)ccc2n1. The first-order valence-electron chi connectivity index (χ1n) is 14.6. The first-order chi connectivity index (χ1) is 19.5. The van der Waals surface area contributed by atoms with E-state index in [1.807, 2.05) is 23.0 Å². The first kappa shape index (κ1) is 29.7. The molecule has 1 saturated heterocycles. The van der Waals surface area contributed by atoms with Crippen LogP contribution in [-0.2, 0) is 22.4 Å². The molecule has 0 aliphatic carbocycles. The van der Waals surface area contributed by atoms with Crippen LogP contribution in [-0.4, -0.2) is 60.1 Å². The van der Waals surface area contributed by atoms with Crippen LogP contribution < -0.4 is 5.32 Å². The van der Waals surface area contributed by atoms with Crippen LogP contribution in [0.15, 0.2) is 42.6 Å². The summed E-state index contributed by atoms with van der Waals surface area (Å²) in [7, 11) is 1.57. The zero-order chi connectivity index (χ0) is 28.3. The average Bonchev–Trinajstić information content (AvgIpc) is 3.38. The van der Waals surface area contributed by atoms with Gasteiger partial charge >= 0.3 is 0 Å². The van der Waals surface area contributed by atoms with Gasteiger partial charge in [-0.3, -0.25) is 14.3 Å². The molecule has 4 rings (SSSR count). The standard InChI is InChI=1S/C32H43N3O5/c1-3-5-25(6-4-7-30(36)26-10-8-23(9-11-26)20-24-14-17-40-18-15-24)21-35-22-28-29(34-35)13-12-27(31(28)37)32(38)33-16-19-39-2/h8-13,22,24-25,37H,3-7,14-21H2,1-2H3,(H,33,38). The van der Waals surface area contributed by atoms with Crippen LogP contribution in [0.3, 0.4) is 0 Å². The van der Waals surface area contributed by atoms with Gasteiger partial charge in [-0.2, -0.15) is 5.10 Å². The summed E-state index contributed by atoms with van der Waals surface area (Å²) < 4.78 is 12.3. The maximum Gasteiger partial charge on any atom is 0.255 e. The Kier molecular flexibility index (Phi) is 11.1. The number of carbonyl (C=O) groups excluding carboxylic acids is 2. The molecule has 0 radical (unpaired) electrons. The van der Waals surface area contributed by atoms with Crippen LogP contribution in [0.5, 0.6) is 5.75 Å². The number of Topliss-reactive ketones (excluding diaryl/α,β-unsaturated/α-hetero) is 1. The van der Waals surface area contributed by atoms with Gasteiger partial charge in [0.15, 0.2) is 5.78 Å². The van der Waals surface area contributed by atoms with Crippen LogP contribution in [0.1, 0.15) is 78.1 Å². The van der Waals surface area contributed by atoms with Gasteiger partial charge < -0.3 is 19.9 Å². The van der Waals surface area contributed by atoms with Gasteiger partial charge in [0.05, 0.1) is 23.1 Å². The van der Waals surface area contributed by atoms with Crippen molar-refractivity contribution in [3.8, 4) is 5.75 Å². The third-order valence-corrected chi connectivity index (χ3v) is 7.84. The van der Waals surface area contributed by atoms with Gasteiger partial charge in [-0.25, -0.2) is 0 Å². The van der Waals surface area contributed by atoms with E-state index in [0.717, 1.165) is 63.7 Å². The lowest BCUT2D eigenvalue weighted by molar-refractivity contribution is 0.0665. The van der Waals surface area contributed by atoms with E-state index in [9.17, 15) is 14.7 Å². The molecule has 1 fully saturated rings. The highest BCUT2D eigenvalue weighted by atomic mass is 16.5. The van der Waals surface area contributed by atoms with E-state index in [4.69, 9.17) is 9.47 Å². The van der Waals surface area contributed by atoms with Crippen molar-refractivity contribution in [1.82, 2.24) is 15.1 Å². The van der Waals surface area contributed by atoms with E-state index < -0.39 is 0 Å². The molecule has 2 heterocycles. The average molecular weight is 550 g/mol. The molecular weight excluding hydrogens is 506 g/mol. The molecule has 3 aromatic rings. The number of hydrogen-bond acceptors (Lipinski definition) is 6. The molecule has 1 atom stereocenters. The Labute approximate surface area is 237 Å². The second-order valence-electron chi connectivity index (χ2n) is 10.9. The monoisotopic (exact) mass is 549 g/mol. The highest BCUT2D eigenvalue weighted by Gasteiger charge is 2.18. The van der Waals surface area contributed by atoms with Gasteiger partial charge in [-0.15, -0.1) is 0 Å². The number of nitrogens with zero attached hydrogens (tertiary/aromatic N) is 2. The molecule has 216 valence electrons. The zero-order valence-corrected chi connectivity index (χ0v) is 23.9. The molecule has 1 aromatic heterocycles. The highest BCUT2D eigenvalue weighted by Crippen LogP contribution is 2.29. The molecule has 40 heavy (non-hydrogen) atoms. The highest BCUT2D eigenvalue weighted by molar-refractivity contribution is 6.02. The predicted molar refractivity (Wildman–Crippen MR) is 156 cm³/mol. The van der Waals surface area contributed by atoms with E-state index in [1.165, 1.54) is 5.56 Å². The Morgan fingerprint density at radius 3 is 2.65 bits per heavy atom. The molecule has 1 unspecified atom stereocenters. The number of aromatic hydroxyl groups is 1. The van der Waals surface area contributed by atoms with Crippen molar-refractivity contribution in [3.63, 3.8) is 0 Å². The topological polar surface area (TPSA) is 103 Å². The Morgan fingerprint density at radius 1 is 1.15 bits per heavy atom. The summed E-state index contributed by atoms with van der Waals surface area (Å²) in [6.07, 6.45) is 9.46. The van der Waals surface area contributed by atoms with Gasteiger partial charge in [0.2, 0.25) is 0 Å². The normalized spacial score (nSPS) is 14.8. The van der Waals surface area contributed by atoms with E-state index >= 15 is 0 Å². The maximum atomic E-state index is 12.9. The van der Waals surface area contributed by atoms with Crippen molar-refractivity contribution < 1.29 is 24.2 Å². The van der Waals surface area contributed by atoms with Crippen molar-refractivity contribution in [2.45, 2.75) is 64.8 Å². The number of ether oxygens (including phenoxy) is 2. The van der Waals surface area contributed by atoms with Crippen molar-refractivity contribution in [3.05, 3.63) is 59.3 Å². The zero-order valence-electron chi connectivity index (χ0n) is 23.9. The fourth-order valence-corrected chi connectivity index (χ4v) is 5.57. The van der Waals surface area contributed by atoms with Gasteiger partial charge in [0.1, 0.15) is 5.75 Å². The Morgan fingerprint density at radius 2 is 1.93 bits per heavy atom. The molecule has 2 N–H and O–H groups in total. The summed E-state index contributed by atoms with van der Waals surface area (Å²) in [6, 6.07) is 11.5. The van der Waals surface area contributed by atoms with Crippen molar-refractivity contribution in [1.29, 1.82) is 0 Å². The third kappa shape index (κ3) is 8.15. The molecule has 2 aromatic carbocycles. The number of benzene rings is 2. The summed E-state index contributed by atoms with van der Waals surface area (Å²) in [6.45, 7) is 5.35. The van der Waals surface area contributed by atoms with Crippen molar-refractivity contribution in [2.75, 3.05) is 33.5 Å². The van der Waals surface area contributed by atoms with Gasteiger partial charge in [-0.1, -0.05) is 37.6 Å².